The van der Waals surface area contributed by atoms with E-state index in [1.54, 1.807) is 0 Å². The summed E-state index contributed by atoms with van der Waals surface area (Å²) in [5.41, 5.74) is 0.894. The fourth-order valence-electron chi connectivity index (χ4n) is 1.50. The molecule has 0 aliphatic carbocycles. The molecule has 0 bridgehead atoms. The van der Waals surface area contributed by atoms with Crippen LogP contribution in [0, 0.1) is 0 Å². The summed E-state index contributed by atoms with van der Waals surface area (Å²) in [5.74, 6) is 0. The second-order valence-electron chi connectivity index (χ2n) is 4.00. The van der Waals surface area contributed by atoms with Gasteiger partial charge in [0.15, 0.2) is 0 Å². The summed E-state index contributed by atoms with van der Waals surface area (Å²) in [4.78, 5) is 10.9. The largest absolute Gasteiger partial charge is 0.453 e. The molecule has 0 aliphatic rings. The van der Waals surface area contributed by atoms with Crippen LogP contribution in [0.5, 0.6) is 0 Å². The SMILES string of the molecule is COC(=O)NCCN(Cc1ccccc1)S(C)(=O)=O. The zero-order valence-corrected chi connectivity index (χ0v) is 11.8. The fourth-order valence-corrected chi connectivity index (χ4v) is 2.31. The smallest absolute Gasteiger partial charge is 0.406 e. The highest BCUT2D eigenvalue weighted by Crippen LogP contribution is 2.07. The predicted molar refractivity (Wildman–Crippen MR) is 72.1 cm³/mol. The standard InChI is InChI=1S/C12H18N2O4S/c1-18-12(15)13-8-9-14(19(2,16)17)10-11-6-4-3-5-7-11/h3-7H,8-10H2,1-2H3,(H,13,15). The highest BCUT2D eigenvalue weighted by molar-refractivity contribution is 7.88. The zero-order valence-electron chi connectivity index (χ0n) is 11.0. The lowest BCUT2D eigenvalue weighted by atomic mass is 10.2. The van der Waals surface area contributed by atoms with Gasteiger partial charge in [-0.2, -0.15) is 4.31 Å². The number of hydrogen-bond donors (Lipinski definition) is 1. The van der Waals surface area contributed by atoms with E-state index in [1.807, 2.05) is 30.3 Å². The molecule has 1 aromatic carbocycles. The highest BCUT2D eigenvalue weighted by Gasteiger charge is 2.16. The van der Waals surface area contributed by atoms with Crippen LogP contribution in [0.2, 0.25) is 0 Å². The number of alkyl carbamates (subject to hydrolysis) is 1. The van der Waals surface area contributed by atoms with Crippen molar-refractivity contribution >= 4 is 16.1 Å². The Labute approximate surface area is 113 Å². The summed E-state index contributed by atoms with van der Waals surface area (Å²) in [6, 6.07) is 9.27. The van der Waals surface area contributed by atoms with Gasteiger partial charge in [-0.1, -0.05) is 30.3 Å². The number of hydrogen-bond acceptors (Lipinski definition) is 4. The van der Waals surface area contributed by atoms with Crippen molar-refractivity contribution in [3.05, 3.63) is 35.9 Å². The number of nitrogens with one attached hydrogen (secondary N) is 1. The van der Waals surface area contributed by atoms with E-state index in [0.717, 1.165) is 11.8 Å². The zero-order chi connectivity index (χ0) is 14.3. The van der Waals surface area contributed by atoms with Gasteiger partial charge in [0, 0.05) is 19.6 Å². The van der Waals surface area contributed by atoms with Crippen molar-refractivity contribution in [1.82, 2.24) is 9.62 Å². The molecular formula is C12H18N2O4S. The van der Waals surface area contributed by atoms with E-state index in [-0.39, 0.29) is 19.6 Å². The number of ether oxygens (including phenoxy) is 1. The van der Waals surface area contributed by atoms with Crippen LogP contribution in [-0.2, 0) is 21.3 Å². The van der Waals surface area contributed by atoms with Crippen LogP contribution in [0.3, 0.4) is 0 Å². The van der Waals surface area contributed by atoms with Gasteiger partial charge in [-0.05, 0) is 5.56 Å². The maximum atomic E-state index is 11.7. The second-order valence-corrected chi connectivity index (χ2v) is 5.98. The topological polar surface area (TPSA) is 75.7 Å². The van der Waals surface area contributed by atoms with Crippen LogP contribution in [0.1, 0.15) is 5.56 Å². The first-order valence-electron chi connectivity index (χ1n) is 5.74. The van der Waals surface area contributed by atoms with Crippen molar-refractivity contribution in [1.29, 1.82) is 0 Å². The molecule has 7 heteroatoms. The van der Waals surface area contributed by atoms with E-state index in [9.17, 15) is 13.2 Å². The third kappa shape index (κ3) is 5.71. The van der Waals surface area contributed by atoms with Crippen molar-refractivity contribution in [2.75, 3.05) is 26.5 Å². The number of carbonyl (C=O) groups is 1. The maximum Gasteiger partial charge on any atom is 0.406 e. The first kappa shape index (κ1) is 15.5. The van der Waals surface area contributed by atoms with Crippen molar-refractivity contribution < 1.29 is 17.9 Å². The van der Waals surface area contributed by atoms with Crippen LogP contribution < -0.4 is 5.32 Å². The van der Waals surface area contributed by atoms with Crippen LogP contribution in [-0.4, -0.2) is 45.3 Å². The minimum absolute atomic E-state index is 0.197. The molecule has 0 aromatic heterocycles. The van der Waals surface area contributed by atoms with E-state index < -0.39 is 16.1 Å². The molecule has 0 saturated heterocycles. The minimum atomic E-state index is -3.33. The summed E-state index contributed by atoms with van der Waals surface area (Å²) in [6.07, 6.45) is 0.571. The molecule has 1 amide bonds. The van der Waals surface area contributed by atoms with Crippen molar-refractivity contribution in [3.63, 3.8) is 0 Å². The summed E-state index contributed by atoms with van der Waals surface area (Å²) in [6.45, 7) is 0.679. The Morgan fingerprint density at radius 3 is 2.47 bits per heavy atom. The van der Waals surface area contributed by atoms with Crippen molar-refractivity contribution in [3.8, 4) is 0 Å². The predicted octanol–water partition coefficient (Wildman–Crippen LogP) is 0.804. The monoisotopic (exact) mass is 286 g/mol. The lowest BCUT2D eigenvalue weighted by molar-refractivity contribution is 0.170. The van der Waals surface area contributed by atoms with E-state index in [4.69, 9.17) is 0 Å². The molecular weight excluding hydrogens is 268 g/mol. The van der Waals surface area contributed by atoms with Gasteiger partial charge in [0.05, 0.1) is 13.4 Å². The molecule has 0 spiro atoms. The first-order valence-corrected chi connectivity index (χ1v) is 7.59. The van der Waals surface area contributed by atoms with E-state index in [0.29, 0.717) is 0 Å². The van der Waals surface area contributed by atoms with Gasteiger partial charge in [-0.25, -0.2) is 13.2 Å². The molecule has 1 rings (SSSR count). The molecule has 0 saturated carbocycles. The fraction of sp³-hybridized carbons (Fsp3) is 0.417. The van der Waals surface area contributed by atoms with Gasteiger partial charge in [-0.3, -0.25) is 0 Å². The summed E-state index contributed by atoms with van der Waals surface area (Å²) >= 11 is 0. The molecule has 0 aliphatic heterocycles. The van der Waals surface area contributed by atoms with Gasteiger partial charge in [0.2, 0.25) is 10.0 Å². The van der Waals surface area contributed by atoms with Crippen molar-refractivity contribution in [2.45, 2.75) is 6.54 Å². The average Bonchev–Trinajstić information content (AvgIpc) is 2.37. The normalized spacial score (nSPS) is 11.3. The summed E-state index contributed by atoms with van der Waals surface area (Å²) in [5, 5.41) is 2.45. The van der Waals surface area contributed by atoms with Crippen LogP contribution in [0.15, 0.2) is 30.3 Å². The number of benzene rings is 1. The highest BCUT2D eigenvalue weighted by atomic mass is 32.2. The number of amides is 1. The Balaban J connectivity index is 2.61. The number of nitrogens with zero attached hydrogens (tertiary/aromatic N) is 1. The van der Waals surface area contributed by atoms with Gasteiger partial charge in [0.1, 0.15) is 0 Å². The molecule has 0 heterocycles. The quantitative estimate of drug-likeness (QED) is 0.839. The van der Waals surface area contributed by atoms with Crippen LogP contribution >= 0.6 is 0 Å². The van der Waals surface area contributed by atoms with E-state index >= 15 is 0 Å². The van der Waals surface area contributed by atoms with Crippen molar-refractivity contribution in [2.24, 2.45) is 0 Å². The van der Waals surface area contributed by atoms with E-state index in [2.05, 4.69) is 10.1 Å². The number of rotatable bonds is 6. The van der Waals surface area contributed by atoms with Gasteiger partial charge in [0.25, 0.3) is 0 Å². The van der Waals surface area contributed by atoms with Gasteiger partial charge < -0.3 is 10.1 Å². The van der Waals surface area contributed by atoms with Gasteiger partial charge >= 0.3 is 6.09 Å². The molecule has 19 heavy (non-hydrogen) atoms. The number of sulfonamides is 1. The third-order valence-electron chi connectivity index (χ3n) is 2.49. The Bertz CT molecular complexity index is 502. The third-order valence-corrected chi connectivity index (χ3v) is 3.74. The molecule has 6 nitrogen and oxygen atoms in total. The summed E-state index contributed by atoms with van der Waals surface area (Å²) < 4.78 is 29.0. The Kier molecular flexibility index (Phi) is 5.78. The average molecular weight is 286 g/mol. The molecule has 0 fully saturated rings. The Hall–Kier alpha value is -1.60. The van der Waals surface area contributed by atoms with Crippen LogP contribution in [0.4, 0.5) is 4.79 Å². The lowest BCUT2D eigenvalue weighted by Crippen LogP contribution is -2.37. The molecule has 0 atom stereocenters. The lowest BCUT2D eigenvalue weighted by Gasteiger charge is -2.20. The molecule has 1 N–H and O–H groups in total. The van der Waals surface area contributed by atoms with E-state index in [1.165, 1.54) is 11.4 Å². The molecule has 0 radical (unpaired) electrons. The number of carbonyl (C=O) groups excluding carboxylic acids is 1. The Morgan fingerprint density at radius 1 is 1.32 bits per heavy atom. The number of methoxy groups -OCH3 is 1. The Morgan fingerprint density at radius 2 is 1.95 bits per heavy atom. The first-order chi connectivity index (χ1) is 8.93. The van der Waals surface area contributed by atoms with Crippen LogP contribution in [0.25, 0.3) is 0 Å². The molecule has 106 valence electrons. The van der Waals surface area contributed by atoms with Gasteiger partial charge in [-0.15, -0.1) is 0 Å². The molecule has 0 unspecified atom stereocenters. The maximum absolute atomic E-state index is 11.7. The summed E-state index contributed by atoms with van der Waals surface area (Å²) in [7, 11) is -2.07. The minimum Gasteiger partial charge on any atom is -0.453 e. The second kappa shape index (κ2) is 7.10. The molecule has 1 aromatic rings.